The van der Waals surface area contributed by atoms with Crippen molar-refractivity contribution >= 4 is 16.1 Å². The van der Waals surface area contributed by atoms with E-state index in [0.29, 0.717) is 0 Å². The Kier molecular flexibility index (Phi) is 6.79. The minimum atomic E-state index is -1.69. The standard InChI is InChI=1S/C16H36N4Si2/c1-21(2,11-5-9-17)14-7-8-16(20,15(19)13-14)22(3,4)12-6-10-18/h7-8,13,15H,5-6,9-12,17-20H2,1-4H3. The van der Waals surface area contributed by atoms with Gasteiger partial charge in [-0.15, -0.1) is 0 Å². The molecule has 0 bridgehead atoms. The molecule has 0 aromatic carbocycles. The zero-order valence-electron chi connectivity index (χ0n) is 14.9. The fraction of sp³-hybridized carbons (Fsp3) is 0.750. The summed E-state index contributed by atoms with van der Waals surface area (Å²) in [6.07, 6.45) is 8.85. The second-order valence-corrected chi connectivity index (χ2v) is 17.9. The Morgan fingerprint density at radius 2 is 1.59 bits per heavy atom. The highest BCUT2D eigenvalue weighted by Crippen LogP contribution is 2.34. The van der Waals surface area contributed by atoms with Crippen LogP contribution >= 0.6 is 0 Å². The molecular weight excluding hydrogens is 304 g/mol. The topological polar surface area (TPSA) is 104 Å². The summed E-state index contributed by atoms with van der Waals surface area (Å²) in [4.78, 5) is 0. The molecule has 1 aliphatic carbocycles. The van der Waals surface area contributed by atoms with Gasteiger partial charge in [0.15, 0.2) is 0 Å². The second kappa shape index (κ2) is 7.55. The molecule has 22 heavy (non-hydrogen) atoms. The maximum absolute atomic E-state index is 6.79. The molecule has 2 atom stereocenters. The highest BCUT2D eigenvalue weighted by molar-refractivity contribution is 6.85. The lowest BCUT2D eigenvalue weighted by molar-refractivity contribution is 0.597. The van der Waals surface area contributed by atoms with Crippen LogP contribution in [0.3, 0.4) is 0 Å². The summed E-state index contributed by atoms with van der Waals surface area (Å²) in [5.41, 5.74) is 24.7. The van der Waals surface area contributed by atoms with Crippen molar-refractivity contribution in [3.05, 3.63) is 23.4 Å². The third-order valence-electron chi connectivity index (χ3n) is 5.41. The Hall–Kier alpha value is -0.246. The summed E-state index contributed by atoms with van der Waals surface area (Å²) in [7, 11) is -3.15. The molecule has 6 heteroatoms. The first-order chi connectivity index (χ1) is 10.1. The van der Waals surface area contributed by atoms with Crippen molar-refractivity contribution < 1.29 is 0 Å². The first kappa shape index (κ1) is 19.8. The van der Waals surface area contributed by atoms with Gasteiger partial charge in [-0.05, 0) is 25.9 Å². The normalized spacial score (nSPS) is 26.2. The van der Waals surface area contributed by atoms with E-state index in [1.54, 1.807) is 0 Å². The molecule has 0 radical (unpaired) electrons. The number of allylic oxidation sites excluding steroid dienone is 2. The molecule has 4 nitrogen and oxygen atoms in total. The van der Waals surface area contributed by atoms with Crippen LogP contribution in [-0.4, -0.2) is 40.4 Å². The van der Waals surface area contributed by atoms with E-state index in [-0.39, 0.29) is 11.2 Å². The molecule has 0 spiro atoms. The van der Waals surface area contributed by atoms with Gasteiger partial charge in [-0.1, -0.05) is 61.7 Å². The third-order valence-corrected chi connectivity index (χ3v) is 13.4. The van der Waals surface area contributed by atoms with Gasteiger partial charge < -0.3 is 22.9 Å². The minimum Gasteiger partial charge on any atom is -0.330 e. The van der Waals surface area contributed by atoms with Crippen LogP contribution in [0.4, 0.5) is 0 Å². The van der Waals surface area contributed by atoms with Gasteiger partial charge in [0.25, 0.3) is 0 Å². The molecule has 0 saturated carbocycles. The molecule has 128 valence electrons. The molecule has 0 heterocycles. The fourth-order valence-electron chi connectivity index (χ4n) is 3.30. The van der Waals surface area contributed by atoms with Gasteiger partial charge in [0, 0.05) is 11.2 Å². The Balaban J connectivity index is 2.95. The molecule has 8 N–H and O–H groups in total. The summed E-state index contributed by atoms with van der Waals surface area (Å²) in [6.45, 7) is 11.0. The van der Waals surface area contributed by atoms with Crippen LogP contribution in [0.1, 0.15) is 12.8 Å². The van der Waals surface area contributed by atoms with Crippen LogP contribution in [0.2, 0.25) is 38.3 Å². The molecule has 0 aromatic rings. The van der Waals surface area contributed by atoms with Crippen LogP contribution < -0.4 is 22.9 Å². The van der Waals surface area contributed by atoms with E-state index in [1.807, 2.05) is 0 Å². The van der Waals surface area contributed by atoms with Gasteiger partial charge in [0.2, 0.25) is 0 Å². The van der Waals surface area contributed by atoms with Crippen molar-refractivity contribution in [1.29, 1.82) is 0 Å². The van der Waals surface area contributed by atoms with Crippen LogP contribution in [0.5, 0.6) is 0 Å². The van der Waals surface area contributed by atoms with Crippen molar-refractivity contribution in [3.8, 4) is 0 Å². The van der Waals surface area contributed by atoms with Crippen molar-refractivity contribution in [2.45, 2.75) is 62.3 Å². The smallest absolute Gasteiger partial charge is 0.0803 e. The van der Waals surface area contributed by atoms with Crippen LogP contribution in [0.25, 0.3) is 0 Å². The van der Waals surface area contributed by atoms with Gasteiger partial charge in [-0.25, -0.2) is 0 Å². The maximum atomic E-state index is 6.79. The molecule has 1 aliphatic rings. The van der Waals surface area contributed by atoms with E-state index < -0.39 is 16.1 Å². The monoisotopic (exact) mass is 340 g/mol. The molecule has 0 amide bonds. The summed E-state index contributed by atoms with van der Waals surface area (Å²) in [5, 5.41) is 1.06. The van der Waals surface area contributed by atoms with Crippen LogP contribution in [0.15, 0.2) is 23.4 Å². The third kappa shape index (κ3) is 4.18. The summed E-state index contributed by atoms with van der Waals surface area (Å²) < 4.78 is 0. The summed E-state index contributed by atoms with van der Waals surface area (Å²) in [5.74, 6) is 0. The molecule has 0 saturated heterocycles. The lowest BCUT2D eigenvalue weighted by Gasteiger charge is -2.46. The lowest BCUT2D eigenvalue weighted by Crippen LogP contribution is -2.69. The van der Waals surface area contributed by atoms with Crippen LogP contribution in [0, 0.1) is 0 Å². The Labute approximate surface area is 138 Å². The SMILES string of the molecule is C[Si](C)(CCCN)C1=CC(N)C(N)([Si](C)(C)CCCN)C=C1. The zero-order chi connectivity index (χ0) is 17.0. The van der Waals surface area contributed by atoms with Gasteiger partial charge in [-0.2, -0.15) is 0 Å². The predicted octanol–water partition coefficient (Wildman–Crippen LogP) is 1.70. The molecule has 0 fully saturated rings. The van der Waals surface area contributed by atoms with E-state index in [0.717, 1.165) is 32.0 Å². The molecule has 1 rings (SSSR count). The number of hydrogen-bond donors (Lipinski definition) is 4. The van der Waals surface area contributed by atoms with Gasteiger partial charge >= 0.3 is 0 Å². The Bertz CT molecular complexity index is 432. The molecule has 0 aliphatic heterocycles. The van der Waals surface area contributed by atoms with Gasteiger partial charge in [-0.3, -0.25) is 0 Å². The van der Waals surface area contributed by atoms with Gasteiger partial charge in [0.05, 0.1) is 16.1 Å². The van der Waals surface area contributed by atoms with Crippen molar-refractivity contribution in [2.24, 2.45) is 22.9 Å². The predicted molar refractivity (Wildman–Crippen MR) is 104 cm³/mol. The summed E-state index contributed by atoms with van der Waals surface area (Å²) >= 11 is 0. The molecular formula is C16H36N4Si2. The Morgan fingerprint density at radius 3 is 2.09 bits per heavy atom. The summed E-state index contributed by atoms with van der Waals surface area (Å²) in [6, 6.07) is 2.24. The number of hydrogen-bond acceptors (Lipinski definition) is 4. The van der Waals surface area contributed by atoms with E-state index in [4.69, 9.17) is 22.9 Å². The van der Waals surface area contributed by atoms with Crippen molar-refractivity contribution in [1.82, 2.24) is 0 Å². The number of nitrogens with two attached hydrogens (primary N) is 4. The average molecular weight is 341 g/mol. The maximum Gasteiger partial charge on any atom is 0.0803 e. The minimum absolute atomic E-state index is 0.0865. The van der Waals surface area contributed by atoms with E-state index in [1.165, 1.54) is 11.2 Å². The van der Waals surface area contributed by atoms with E-state index >= 15 is 0 Å². The lowest BCUT2D eigenvalue weighted by atomic mass is 10.0. The molecule has 2 unspecified atom stereocenters. The van der Waals surface area contributed by atoms with E-state index in [2.05, 4.69) is 44.4 Å². The van der Waals surface area contributed by atoms with Gasteiger partial charge in [0.1, 0.15) is 0 Å². The molecule has 0 aromatic heterocycles. The highest BCUT2D eigenvalue weighted by atomic mass is 28.3. The first-order valence-corrected chi connectivity index (χ1v) is 14.9. The quantitative estimate of drug-likeness (QED) is 0.505. The fourth-order valence-corrected chi connectivity index (χ4v) is 8.89. The Morgan fingerprint density at radius 1 is 1.05 bits per heavy atom. The first-order valence-electron chi connectivity index (χ1n) is 8.47. The second-order valence-electron chi connectivity index (χ2n) is 7.97. The zero-order valence-corrected chi connectivity index (χ0v) is 16.9. The average Bonchev–Trinajstić information content (AvgIpc) is 2.45. The number of rotatable bonds is 8. The van der Waals surface area contributed by atoms with Crippen LogP contribution in [-0.2, 0) is 0 Å². The van der Waals surface area contributed by atoms with E-state index in [9.17, 15) is 0 Å². The van der Waals surface area contributed by atoms with Crippen molar-refractivity contribution in [3.63, 3.8) is 0 Å². The van der Waals surface area contributed by atoms with Crippen molar-refractivity contribution in [2.75, 3.05) is 13.1 Å². The largest absolute Gasteiger partial charge is 0.330 e. The highest BCUT2D eigenvalue weighted by Gasteiger charge is 2.46.